The summed E-state index contributed by atoms with van der Waals surface area (Å²) in [7, 11) is 3.72. The van der Waals surface area contributed by atoms with Gasteiger partial charge in [0, 0.05) is 24.9 Å². The van der Waals surface area contributed by atoms with Gasteiger partial charge >= 0.3 is 0 Å². The third kappa shape index (κ3) is 4.75. The van der Waals surface area contributed by atoms with Crippen LogP contribution in [0.25, 0.3) is 0 Å². The molecule has 23 heavy (non-hydrogen) atoms. The van der Waals surface area contributed by atoms with Crippen molar-refractivity contribution >= 4 is 17.3 Å². The van der Waals surface area contributed by atoms with Gasteiger partial charge in [-0.25, -0.2) is 4.98 Å². The Morgan fingerprint density at radius 3 is 2.65 bits per heavy atom. The second-order valence-corrected chi connectivity index (χ2v) is 7.44. The van der Waals surface area contributed by atoms with Crippen LogP contribution in [0.5, 0.6) is 0 Å². The van der Waals surface area contributed by atoms with Crippen molar-refractivity contribution in [3.05, 3.63) is 27.8 Å². The van der Waals surface area contributed by atoms with E-state index in [1.54, 1.807) is 18.4 Å². The maximum atomic E-state index is 5.29. The number of thiazole rings is 1. The molecule has 2 aromatic rings. The van der Waals surface area contributed by atoms with E-state index >= 15 is 0 Å². The highest BCUT2D eigenvalue weighted by molar-refractivity contribution is 7.09. The summed E-state index contributed by atoms with van der Waals surface area (Å²) in [4.78, 5) is 15.2. The minimum absolute atomic E-state index is 0.147. The Hall–Kier alpha value is -1.96. The van der Waals surface area contributed by atoms with Gasteiger partial charge in [-0.1, -0.05) is 25.9 Å². The largest absolute Gasteiger partial charge is 0.349 e. The van der Waals surface area contributed by atoms with Gasteiger partial charge in [-0.3, -0.25) is 4.99 Å². The predicted molar refractivity (Wildman–Crippen MR) is 91.5 cm³/mol. The highest BCUT2D eigenvalue weighted by atomic mass is 32.1. The Morgan fingerprint density at radius 2 is 2.13 bits per heavy atom. The Balaban J connectivity index is 1.93. The molecule has 0 saturated carbocycles. The summed E-state index contributed by atoms with van der Waals surface area (Å²) in [6.45, 7) is 9.29. The normalized spacial score (nSPS) is 12.5. The van der Waals surface area contributed by atoms with Gasteiger partial charge in [0.05, 0.1) is 23.8 Å². The van der Waals surface area contributed by atoms with E-state index in [0.29, 0.717) is 24.8 Å². The van der Waals surface area contributed by atoms with Crippen LogP contribution in [-0.2, 0) is 18.5 Å². The zero-order valence-corrected chi connectivity index (χ0v) is 15.4. The minimum Gasteiger partial charge on any atom is -0.349 e. The molecule has 7 nitrogen and oxygen atoms in total. The fourth-order valence-electron chi connectivity index (χ4n) is 1.97. The van der Waals surface area contributed by atoms with Gasteiger partial charge < -0.3 is 14.7 Å². The number of rotatable bonds is 4. The monoisotopic (exact) mass is 336 g/mol. The fraction of sp³-hybridized carbons (Fsp3) is 0.600. The molecule has 0 aromatic carbocycles. The predicted octanol–water partition coefficient (Wildman–Crippen LogP) is 2.34. The zero-order valence-electron chi connectivity index (χ0n) is 14.5. The van der Waals surface area contributed by atoms with Crippen LogP contribution in [0.2, 0.25) is 0 Å². The molecule has 2 aromatic heterocycles. The summed E-state index contributed by atoms with van der Waals surface area (Å²) >= 11 is 1.65. The number of nitrogens with zero attached hydrogens (tertiary/aromatic N) is 5. The molecule has 0 radical (unpaired) electrons. The van der Waals surface area contributed by atoms with Crippen LogP contribution >= 0.6 is 11.3 Å². The maximum absolute atomic E-state index is 5.29. The SMILES string of the molecule is CN=C(NCc1noc(C(C)(C)C)n1)N(C)Cc1csc(C)n1. The molecular weight excluding hydrogens is 312 g/mol. The van der Waals surface area contributed by atoms with E-state index in [0.717, 1.165) is 16.7 Å². The third-order valence-corrected chi connectivity index (χ3v) is 3.98. The lowest BCUT2D eigenvalue weighted by Gasteiger charge is -2.20. The molecule has 2 heterocycles. The summed E-state index contributed by atoms with van der Waals surface area (Å²) in [6.07, 6.45) is 0. The summed E-state index contributed by atoms with van der Waals surface area (Å²) < 4.78 is 5.29. The van der Waals surface area contributed by atoms with E-state index in [4.69, 9.17) is 4.52 Å². The lowest BCUT2D eigenvalue weighted by molar-refractivity contribution is 0.318. The van der Waals surface area contributed by atoms with Crippen molar-refractivity contribution in [2.45, 2.75) is 46.2 Å². The maximum Gasteiger partial charge on any atom is 0.232 e. The lowest BCUT2D eigenvalue weighted by Crippen LogP contribution is -2.38. The molecule has 2 rings (SSSR count). The Bertz CT molecular complexity index is 670. The highest BCUT2D eigenvalue weighted by Crippen LogP contribution is 2.19. The van der Waals surface area contributed by atoms with E-state index in [9.17, 15) is 0 Å². The molecule has 8 heteroatoms. The van der Waals surface area contributed by atoms with E-state index in [-0.39, 0.29) is 5.41 Å². The summed E-state index contributed by atoms with van der Waals surface area (Å²) in [6, 6.07) is 0. The number of nitrogens with one attached hydrogen (secondary N) is 1. The molecule has 0 aliphatic carbocycles. The first kappa shape index (κ1) is 17.4. The summed E-state index contributed by atoms with van der Waals surface area (Å²) in [5.41, 5.74) is 0.888. The third-order valence-electron chi connectivity index (χ3n) is 3.15. The van der Waals surface area contributed by atoms with E-state index in [1.165, 1.54) is 0 Å². The van der Waals surface area contributed by atoms with Crippen LogP contribution in [-0.4, -0.2) is 40.1 Å². The summed E-state index contributed by atoms with van der Waals surface area (Å²) in [5.74, 6) is 2.02. The van der Waals surface area contributed by atoms with Crippen molar-refractivity contribution < 1.29 is 4.52 Å². The zero-order chi connectivity index (χ0) is 17.0. The van der Waals surface area contributed by atoms with Crippen LogP contribution in [0, 0.1) is 6.92 Å². The van der Waals surface area contributed by atoms with Crippen molar-refractivity contribution in [2.75, 3.05) is 14.1 Å². The van der Waals surface area contributed by atoms with E-state index in [1.807, 2.05) is 39.6 Å². The highest BCUT2D eigenvalue weighted by Gasteiger charge is 2.21. The van der Waals surface area contributed by atoms with E-state index < -0.39 is 0 Å². The van der Waals surface area contributed by atoms with Crippen LogP contribution < -0.4 is 5.32 Å². The number of aryl methyl sites for hydroxylation is 1. The smallest absolute Gasteiger partial charge is 0.232 e. The molecule has 0 saturated heterocycles. The van der Waals surface area contributed by atoms with Crippen molar-refractivity contribution in [2.24, 2.45) is 4.99 Å². The fourth-order valence-corrected chi connectivity index (χ4v) is 2.58. The van der Waals surface area contributed by atoms with Gasteiger partial charge in [0.15, 0.2) is 11.8 Å². The first-order valence-electron chi connectivity index (χ1n) is 7.45. The molecular formula is C15H24N6OS. The quantitative estimate of drug-likeness (QED) is 0.682. The number of hydrogen-bond donors (Lipinski definition) is 1. The Labute approximate surface area is 140 Å². The molecule has 0 unspecified atom stereocenters. The average molecular weight is 336 g/mol. The number of aliphatic imine (C=N–C) groups is 1. The van der Waals surface area contributed by atoms with Crippen molar-refractivity contribution in [1.29, 1.82) is 0 Å². The summed E-state index contributed by atoms with van der Waals surface area (Å²) in [5, 5.41) is 10.4. The van der Waals surface area contributed by atoms with Gasteiger partial charge in [-0.05, 0) is 6.92 Å². The molecule has 0 spiro atoms. The molecule has 0 aliphatic heterocycles. The molecule has 0 amide bonds. The van der Waals surface area contributed by atoms with Crippen LogP contribution in [0.4, 0.5) is 0 Å². The van der Waals surface area contributed by atoms with Gasteiger partial charge in [0.2, 0.25) is 5.89 Å². The first-order valence-corrected chi connectivity index (χ1v) is 8.33. The van der Waals surface area contributed by atoms with Crippen molar-refractivity contribution in [1.82, 2.24) is 25.3 Å². The lowest BCUT2D eigenvalue weighted by atomic mass is 9.97. The van der Waals surface area contributed by atoms with Gasteiger partial charge in [0.1, 0.15) is 0 Å². The second-order valence-electron chi connectivity index (χ2n) is 6.38. The van der Waals surface area contributed by atoms with E-state index in [2.05, 4.69) is 30.8 Å². The molecule has 0 aliphatic rings. The molecule has 126 valence electrons. The average Bonchev–Trinajstić information content (AvgIpc) is 3.08. The topological polar surface area (TPSA) is 79.4 Å². The van der Waals surface area contributed by atoms with Crippen LogP contribution in [0.15, 0.2) is 14.9 Å². The number of hydrogen-bond acceptors (Lipinski definition) is 6. The standard InChI is InChI=1S/C15H24N6OS/c1-10-18-11(9-23-10)8-21(6)14(16-5)17-7-12-19-13(22-20-12)15(2,3)4/h9H,7-8H2,1-6H3,(H,16,17). The van der Waals surface area contributed by atoms with Gasteiger partial charge in [-0.15, -0.1) is 11.3 Å². The Kier molecular flexibility index (Phi) is 5.35. The van der Waals surface area contributed by atoms with Crippen molar-refractivity contribution in [3.8, 4) is 0 Å². The molecule has 0 bridgehead atoms. The molecule has 0 fully saturated rings. The van der Waals surface area contributed by atoms with Crippen LogP contribution in [0.3, 0.4) is 0 Å². The number of aromatic nitrogens is 3. The number of guanidine groups is 1. The minimum atomic E-state index is -0.147. The van der Waals surface area contributed by atoms with Crippen molar-refractivity contribution in [3.63, 3.8) is 0 Å². The first-order chi connectivity index (χ1) is 10.8. The second kappa shape index (κ2) is 7.08. The van der Waals surface area contributed by atoms with Gasteiger partial charge in [-0.2, -0.15) is 4.98 Å². The van der Waals surface area contributed by atoms with Gasteiger partial charge in [0.25, 0.3) is 0 Å². The Morgan fingerprint density at radius 1 is 1.39 bits per heavy atom. The van der Waals surface area contributed by atoms with Crippen LogP contribution in [0.1, 0.15) is 43.2 Å². The molecule has 1 N–H and O–H groups in total. The molecule has 0 atom stereocenters.